The molecule has 1 atom stereocenters. The smallest absolute Gasteiger partial charge is 0.253 e. The van der Waals surface area contributed by atoms with Gasteiger partial charge in [-0.25, -0.2) is 13.1 Å². The van der Waals surface area contributed by atoms with Crippen LogP contribution >= 0.6 is 15.9 Å². The Hall–Kier alpha value is -1.45. The van der Waals surface area contributed by atoms with E-state index in [1.807, 2.05) is 6.92 Å². The van der Waals surface area contributed by atoms with Crippen LogP contribution in [0.15, 0.2) is 27.6 Å². The lowest BCUT2D eigenvalue weighted by Crippen LogP contribution is -2.45. The van der Waals surface area contributed by atoms with Crippen molar-refractivity contribution in [2.24, 2.45) is 0 Å². The lowest BCUT2D eigenvalue weighted by atomic mass is 10.2. The van der Waals surface area contributed by atoms with Crippen LogP contribution in [0.3, 0.4) is 0 Å². The number of carbonyl (C=O) groups excluding carboxylic acids is 2. The third-order valence-corrected chi connectivity index (χ3v) is 5.16. The number of rotatable bonds is 7. The summed E-state index contributed by atoms with van der Waals surface area (Å²) in [5, 5.41) is 5.22. The van der Waals surface area contributed by atoms with E-state index in [1.54, 1.807) is 6.92 Å². The number of benzene rings is 1. The molecule has 128 valence electrons. The number of sulfonamides is 1. The number of nitrogens with one attached hydrogen (secondary N) is 3. The Kier molecular flexibility index (Phi) is 7.17. The van der Waals surface area contributed by atoms with Crippen molar-refractivity contribution >= 4 is 37.8 Å². The summed E-state index contributed by atoms with van der Waals surface area (Å²) in [5.41, 5.74) is 0.136. The molecule has 1 aromatic carbocycles. The van der Waals surface area contributed by atoms with Crippen molar-refractivity contribution in [1.29, 1.82) is 0 Å². The van der Waals surface area contributed by atoms with Crippen molar-refractivity contribution in [3.63, 3.8) is 0 Å². The molecular formula is C14H20BrN3O4S. The normalized spacial score (nSPS) is 12.5. The van der Waals surface area contributed by atoms with Gasteiger partial charge in [-0.05, 0) is 54.5 Å². The molecule has 0 saturated heterocycles. The first kappa shape index (κ1) is 19.6. The van der Waals surface area contributed by atoms with Gasteiger partial charge < -0.3 is 10.6 Å². The average molecular weight is 406 g/mol. The fourth-order valence-corrected chi connectivity index (χ4v) is 2.89. The molecule has 1 aromatic rings. The largest absolute Gasteiger partial charge is 0.354 e. The molecule has 7 nitrogen and oxygen atoms in total. The lowest BCUT2D eigenvalue weighted by molar-refractivity contribution is -0.122. The topological polar surface area (TPSA) is 104 Å². The van der Waals surface area contributed by atoms with E-state index in [0.717, 1.165) is 6.42 Å². The van der Waals surface area contributed by atoms with Crippen LogP contribution in [-0.4, -0.2) is 39.9 Å². The zero-order valence-electron chi connectivity index (χ0n) is 13.1. The van der Waals surface area contributed by atoms with Crippen molar-refractivity contribution in [2.45, 2.75) is 31.2 Å². The fourth-order valence-electron chi connectivity index (χ4n) is 1.70. The highest BCUT2D eigenvalue weighted by atomic mass is 79.9. The SMILES string of the molecule is CCCNC(=O)[C@@H](C)NC(=O)c1cc(S(=O)(=O)NC)ccc1Br. The van der Waals surface area contributed by atoms with Gasteiger partial charge in [0.2, 0.25) is 15.9 Å². The van der Waals surface area contributed by atoms with Gasteiger partial charge in [-0.3, -0.25) is 9.59 Å². The molecule has 2 amide bonds. The van der Waals surface area contributed by atoms with E-state index in [1.165, 1.54) is 25.2 Å². The second-order valence-corrected chi connectivity index (χ2v) is 7.58. The summed E-state index contributed by atoms with van der Waals surface area (Å²) < 4.78 is 26.2. The molecule has 9 heteroatoms. The Morgan fingerprint density at radius 2 is 1.96 bits per heavy atom. The maximum Gasteiger partial charge on any atom is 0.253 e. The van der Waals surface area contributed by atoms with E-state index in [0.29, 0.717) is 11.0 Å². The first-order valence-corrected chi connectivity index (χ1v) is 9.32. The van der Waals surface area contributed by atoms with E-state index in [2.05, 4.69) is 31.3 Å². The Bertz CT molecular complexity index is 691. The van der Waals surface area contributed by atoms with Crippen molar-refractivity contribution < 1.29 is 18.0 Å². The fraction of sp³-hybridized carbons (Fsp3) is 0.429. The second-order valence-electron chi connectivity index (χ2n) is 4.84. The van der Waals surface area contributed by atoms with Crippen LogP contribution in [-0.2, 0) is 14.8 Å². The molecule has 0 aromatic heterocycles. The molecule has 23 heavy (non-hydrogen) atoms. The van der Waals surface area contributed by atoms with Crippen molar-refractivity contribution in [1.82, 2.24) is 15.4 Å². The minimum absolute atomic E-state index is 0.0311. The molecule has 0 bridgehead atoms. The quantitative estimate of drug-likeness (QED) is 0.629. The van der Waals surface area contributed by atoms with Gasteiger partial charge >= 0.3 is 0 Å². The van der Waals surface area contributed by atoms with Gasteiger partial charge in [0.15, 0.2) is 0 Å². The summed E-state index contributed by atoms with van der Waals surface area (Å²) in [7, 11) is -2.37. The van der Waals surface area contributed by atoms with Gasteiger partial charge in [0.05, 0.1) is 10.5 Å². The molecule has 0 spiro atoms. The van der Waals surface area contributed by atoms with Crippen LogP contribution in [0.25, 0.3) is 0 Å². The molecule has 0 radical (unpaired) electrons. The zero-order chi connectivity index (χ0) is 17.6. The predicted octanol–water partition coefficient (Wildman–Crippen LogP) is 1.00. The van der Waals surface area contributed by atoms with Crippen LogP contribution in [0.4, 0.5) is 0 Å². The third kappa shape index (κ3) is 5.29. The van der Waals surface area contributed by atoms with Gasteiger partial charge in [0.25, 0.3) is 5.91 Å². The Balaban J connectivity index is 2.96. The first-order valence-electron chi connectivity index (χ1n) is 7.04. The van der Waals surface area contributed by atoms with E-state index >= 15 is 0 Å². The lowest BCUT2D eigenvalue weighted by Gasteiger charge is -2.15. The standard InChI is InChI=1S/C14H20BrN3O4S/c1-4-7-17-13(19)9(2)18-14(20)11-8-10(5-6-12(11)15)23(21,22)16-3/h5-6,8-9,16H,4,7H2,1-3H3,(H,17,19)(H,18,20)/t9-/m1/s1. The van der Waals surface area contributed by atoms with E-state index < -0.39 is 22.0 Å². The number of halogens is 1. The van der Waals surface area contributed by atoms with Crippen molar-refractivity contribution in [3.05, 3.63) is 28.2 Å². The summed E-state index contributed by atoms with van der Waals surface area (Å²) in [6.07, 6.45) is 0.794. The van der Waals surface area contributed by atoms with Crippen LogP contribution in [0.5, 0.6) is 0 Å². The summed E-state index contributed by atoms with van der Waals surface area (Å²) in [4.78, 5) is 24.0. The molecule has 0 heterocycles. The molecule has 1 rings (SSSR count). The van der Waals surface area contributed by atoms with Crippen LogP contribution < -0.4 is 15.4 Å². The summed E-state index contributed by atoms with van der Waals surface area (Å²) in [6, 6.07) is 3.37. The van der Waals surface area contributed by atoms with E-state index in [4.69, 9.17) is 0 Å². The molecule has 0 fully saturated rings. The maximum atomic E-state index is 12.3. The molecule has 0 saturated carbocycles. The average Bonchev–Trinajstić information content (AvgIpc) is 2.52. The van der Waals surface area contributed by atoms with Crippen LogP contribution in [0, 0.1) is 0 Å². The summed E-state index contributed by atoms with van der Waals surface area (Å²) in [5.74, 6) is -0.834. The highest BCUT2D eigenvalue weighted by molar-refractivity contribution is 9.10. The predicted molar refractivity (Wildman–Crippen MR) is 90.6 cm³/mol. The molecular weight excluding hydrogens is 386 g/mol. The number of amides is 2. The first-order chi connectivity index (χ1) is 10.7. The van der Waals surface area contributed by atoms with Crippen molar-refractivity contribution in [2.75, 3.05) is 13.6 Å². The van der Waals surface area contributed by atoms with Gasteiger partial charge in [-0.1, -0.05) is 6.92 Å². The summed E-state index contributed by atoms with van der Waals surface area (Å²) >= 11 is 3.21. The van der Waals surface area contributed by atoms with E-state index in [-0.39, 0.29) is 16.4 Å². The van der Waals surface area contributed by atoms with E-state index in [9.17, 15) is 18.0 Å². The Morgan fingerprint density at radius 3 is 2.52 bits per heavy atom. The number of hydrogen-bond acceptors (Lipinski definition) is 4. The van der Waals surface area contributed by atoms with Gasteiger partial charge in [-0.2, -0.15) is 0 Å². The molecule has 3 N–H and O–H groups in total. The maximum absolute atomic E-state index is 12.3. The number of carbonyl (C=O) groups is 2. The highest BCUT2D eigenvalue weighted by Gasteiger charge is 2.20. The third-order valence-electron chi connectivity index (χ3n) is 3.05. The summed E-state index contributed by atoms with van der Waals surface area (Å²) in [6.45, 7) is 4.01. The molecule has 0 aliphatic rings. The highest BCUT2D eigenvalue weighted by Crippen LogP contribution is 2.21. The number of hydrogen-bond donors (Lipinski definition) is 3. The minimum atomic E-state index is -3.66. The Labute approximate surface area is 144 Å². The van der Waals surface area contributed by atoms with Crippen LogP contribution in [0.1, 0.15) is 30.6 Å². The minimum Gasteiger partial charge on any atom is -0.354 e. The van der Waals surface area contributed by atoms with Crippen molar-refractivity contribution in [3.8, 4) is 0 Å². The monoisotopic (exact) mass is 405 g/mol. The molecule has 0 unspecified atom stereocenters. The zero-order valence-corrected chi connectivity index (χ0v) is 15.5. The molecule has 0 aliphatic carbocycles. The second kappa shape index (κ2) is 8.42. The van der Waals surface area contributed by atoms with Gasteiger partial charge in [0.1, 0.15) is 6.04 Å². The Morgan fingerprint density at radius 1 is 1.30 bits per heavy atom. The molecule has 0 aliphatic heterocycles. The van der Waals surface area contributed by atoms with Crippen LogP contribution in [0.2, 0.25) is 0 Å². The van der Waals surface area contributed by atoms with Gasteiger partial charge in [0, 0.05) is 11.0 Å². The van der Waals surface area contributed by atoms with Gasteiger partial charge in [-0.15, -0.1) is 0 Å².